The molecule has 4 aliphatic carbocycles. The minimum absolute atomic E-state index is 0.0667. The quantitative estimate of drug-likeness (QED) is 0.664. The van der Waals surface area contributed by atoms with Crippen LogP contribution in [0.2, 0.25) is 0 Å². The third-order valence-electron chi connectivity index (χ3n) is 9.01. The lowest BCUT2D eigenvalue weighted by Gasteiger charge is -2.59. The van der Waals surface area contributed by atoms with Crippen molar-refractivity contribution < 1.29 is 32.0 Å². The number of aliphatic hydroxyl groups is 2. The van der Waals surface area contributed by atoms with Crippen molar-refractivity contribution in [3.05, 3.63) is 23.8 Å². The van der Waals surface area contributed by atoms with Crippen molar-refractivity contribution >= 4 is 11.6 Å². The lowest BCUT2D eigenvalue weighted by Crippen LogP contribution is -2.63. The van der Waals surface area contributed by atoms with Gasteiger partial charge in [0.2, 0.25) is 0 Å². The number of Topliss-reactive ketones (excluding diaryl/α,β-unsaturated/α-hetero) is 1. The number of ketones is 2. The summed E-state index contributed by atoms with van der Waals surface area (Å²) in [4.78, 5) is 25.5. The molecule has 5 rings (SSSR count). The molecule has 170 valence electrons. The lowest BCUT2D eigenvalue weighted by atomic mass is 9.47. The lowest BCUT2D eigenvalue weighted by molar-refractivity contribution is -0.198. The van der Waals surface area contributed by atoms with E-state index in [-0.39, 0.29) is 29.6 Å². The van der Waals surface area contributed by atoms with Crippen LogP contribution in [-0.2, 0) is 19.1 Å². The molecule has 1 saturated heterocycles. The van der Waals surface area contributed by atoms with Crippen LogP contribution in [0, 0.1) is 28.6 Å². The van der Waals surface area contributed by atoms with Gasteiger partial charge in [0.25, 0.3) is 0 Å². The molecule has 2 saturated carbocycles. The molecular formula is C25H34O6. The summed E-state index contributed by atoms with van der Waals surface area (Å²) >= 11 is 0. The Bertz CT molecular complexity index is 947. The van der Waals surface area contributed by atoms with E-state index in [1.807, 2.05) is 20.8 Å². The van der Waals surface area contributed by atoms with Crippen LogP contribution >= 0.6 is 0 Å². The van der Waals surface area contributed by atoms with Crippen LogP contribution < -0.4 is 0 Å². The van der Waals surface area contributed by atoms with Crippen molar-refractivity contribution in [2.45, 2.75) is 83.4 Å². The molecule has 5 aliphatic rings. The molecule has 0 bridgehead atoms. The van der Waals surface area contributed by atoms with Gasteiger partial charge in [-0.25, -0.2) is 0 Å². The zero-order chi connectivity index (χ0) is 23.9. The number of rotatable bonds is 4. The highest BCUT2D eigenvalue weighted by Crippen LogP contribution is 2.69. The fourth-order valence-corrected chi connectivity index (χ4v) is 7.74. The van der Waals surface area contributed by atoms with E-state index in [2.05, 4.69) is 0 Å². The van der Waals surface area contributed by atoms with E-state index in [0.29, 0.717) is 31.3 Å². The minimum Gasteiger partial charge on any atom is -0.393 e. The number of carbonyl (C=O) groups excluding carboxylic acids is 2. The summed E-state index contributed by atoms with van der Waals surface area (Å²) in [6.45, 7) is 5.27. The van der Waals surface area contributed by atoms with Crippen LogP contribution in [0.5, 0.6) is 0 Å². The van der Waals surface area contributed by atoms with Crippen molar-refractivity contribution in [2.75, 3.05) is 6.61 Å². The van der Waals surface area contributed by atoms with E-state index in [1.165, 1.54) is 6.08 Å². The Labute approximate surface area is 186 Å². The third kappa shape index (κ3) is 2.65. The van der Waals surface area contributed by atoms with Gasteiger partial charge in [-0.3, -0.25) is 9.59 Å². The summed E-state index contributed by atoms with van der Waals surface area (Å²) in [5.41, 5.74) is -2.35. The first-order chi connectivity index (χ1) is 15.5. The monoisotopic (exact) mass is 432 g/mol. The number of hydrogen-bond acceptors (Lipinski definition) is 6. The third-order valence-corrected chi connectivity index (χ3v) is 9.01. The van der Waals surface area contributed by atoms with E-state index in [1.54, 1.807) is 6.08 Å². The van der Waals surface area contributed by atoms with Crippen LogP contribution in [0.15, 0.2) is 23.8 Å². The molecule has 3 fully saturated rings. The van der Waals surface area contributed by atoms with Gasteiger partial charge in [0.1, 0.15) is 6.61 Å². The maximum Gasteiger partial charge on any atom is 0.193 e. The predicted octanol–water partition coefficient (Wildman–Crippen LogP) is 2.72. The molecule has 0 radical (unpaired) electrons. The summed E-state index contributed by atoms with van der Waals surface area (Å²) in [5.74, 6) is -1.20. The average molecular weight is 433 g/mol. The van der Waals surface area contributed by atoms with Crippen LogP contribution in [0.25, 0.3) is 0 Å². The first-order valence-electron chi connectivity index (χ1n) is 12.6. The Hall–Kier alpha value is -1.34. The zero-order valence-corrected chi connectivity index (χ0v) is 18.5. The summed E-state index contributed by atoms with van der Waals surface area (Å²) in [6.07, 6.45) is 2.95. The van der Waals surface area contributed by atoms with Crippen LogP contribution in [-0.4, -0.2) is 52.5 Å². The highest BCUT2D eigenvalue weighted by molar-refractivity contribution is 5.93. The van der Waals surface area contributed by atoms with Gasteiger partial charge in [0, 0.05) is 24.5 Å². The number of allylic oxidation sites excluding steroid dienone is 4. The molecule has 1 heterocycles. The molecule has 0 aromatic heterocycles. The Balaban J connectivity index is 1.60. The molecule has 1 aliphatic heterocycles. The van der Waals surface area contributed by atoms with Crippen molar-refractivity contribution in [3.63, 3.8) is 0 Å². The maximum atomic E-state index is 13.3. The molecule has 0 spiro atoms. The van der Waals surface area contributed by atoms with Gasteiger partial charge in [-0.2, -0.15) is 0 Å². The van der Waals surface area contributed by atoms with Gasteiger partial charge in [-0.15, -0.1) is 0 Å². The summed E-state index contributed by atoms with van der Waals surface area (Å²) < 4.78 is 29.8. The first kappa shape index (κ1) is 19.2. The smallest absolute Gasteiger partial charge is 0.193 e. The molecule has 6 heteroatoms. The van der Waals surface area contributed by atoms with Gasteiger partial charge in [0.05, 0.1) is 13.6 Å². The first-order valence-corrected chi connectivity index (χ1v) is 11.6. The molecular weight excluding hydrogens is 396 g/mol. The van der Waals surface area contributed by atoms with E-state index in [9.17, 15) is 19.8 Å². The Kier molecular flexibility index (Phi) is 4.37. The van der Waals surface area contributed by atoms with E-state index in [4.69, 9.17) is 12.2 Å². The van der Waals surface area contributed by atoms with Gasteiger partial charge in [-0.05, 0) is 43.6 Å². The van der Waals surface area contributed by atoms with Crippen LogP contribution in [0.3, 0.4) is 0 Å². The Morgan fingerprint density at radius 2 is 2.19 bits per heavy atom. The average Bonchev–Trinajstić information content (AvgIpc) is 3.23. The van der Waals surface area contributed by atoms with Gasteiger partial charge in [0.15, 0.2) is 23.5 Å². The fourth-order valence-electron chi connectivity index (χ4n) is 7.74. The van der Waals surface area contributed by atoms with E-state index in [0.717, 1.165) is 6.42 Å². The van der Waals surface area contributed by atoms with Crippen LogP contribution in [0.4, 0.5) is 0 Å². The van der Waals surface area contributed by atoms with Crippen molar-refractivity contribution in [1.82, 2.24) is 0 Å². The van der Waals surface area contributed by atoms with E-state index < -0.39 is 53.7 Å². The minimum atomic E-state index is -1.32. The summed E-state index contributed by atoms with van der Waals surface area (Å²) in [5, 5.41) is 21.5. The topological polar surface area (TPSA) is 93.1 Å². The zero-order valence-electron chi connectivity index (χ0n) is 20.5. The number of ether oxygens (including phenoxy) is 2. The maximum absolute atomic E-state index is 13.3. The molecule has 10 atom stereocenters. The molecule has 2 N–H and O–H groups in total. The van der Waals surface area contributed by atoms with E-state index >= 15 is 0 Å². The highest BCUT2D eigenvalue weighted by Gasteiger charge is 2.75. The Morgan fingerprint density at radius 1 is 1.42 bits per heavy atom. The molecule has 0 aromatic rings. The molecule has 6 nitrogen and oxygen atoms in total. The van der Waals surface area contributed by atoms with Crippen molar-refractivity contribution in [2.24, 2.45) is 28.6 Å². The SMILES string of the molecule is [2H]C1=C2C([2H])C(=O)C=C[C@]2(C)[C@@H]2[C@@H](C1)[C@@H]1C[C@H]3O[C@@H](CCC)O[C@@]3(C(=O)CO)[C@@]1(C)C[C@@H]2O. The van der Waals surface area contributed by atoms with Gasteiger partial charge >= 0.3 is 0 Å². The fraction of sp³-hybridized carbons (Fsp3) is 0.760. The van der Waals surface area contributed by atoms with Gasteiger partial charge < -0.3 is 19.7 Å². The number of aliphatic hydroxyl groups excluding tert-OH is 2. The highest BCUT2D eigenvalue weighted by atomic mass is 16.7. The number of fused-ring (bicyclic) bond motifs is 7. The molecule has 31 heavy (non-hydrogen) atoms. The molecule has 0 amide bonds. The van der Waals surface area contributed by atoms with Crippen LogP contribution in [0.1, 0.15) is 62.0 Å². The second-order valence-corrected chi connectivity index (χ2v) is 10.5. The van der Waals surface area contributed by atoms with Crippen molar-refractivity contribution in [1.29, 1.82) is 0 Å². The number of hydrogen-bond donors (Lipinski definition) is 2. The normalized spacial score (nSPS) is 54.0. The van der Waals surface area contributed by atoms with Gasteiger partial charge in [-0.1, -0.05) is 44.9 Å². The standard InChI is InChI=1S/C25H34O6/c1-4-5-21-30-20-11-17-16-7-6-14-10-15(27)8-9-23(14,2)22(16)18(28)12-24(17,3)25(20,31-21)19(29)13-26/h6,8-9,16-18,20-22,26,28H,4-5,7,10-13H2,1-3H3/t16-,17-,18-,20+,21+,22+,23-,24-,25+/m0/s1/i6D,10D/t10?,16-,17-,18-,20+,21+,22+,23-,24-,25+. The largest absolute Gasteiger partial charge is 0.393 e. The number of carbonyl (C=O) groups is 2. The predicted molar refractivity (Wildman–Crippen MR) is 113 cm³/mol. The summed E-state index contributed by atoms with van der Waals surface area (Å²) in [6, 6.07) is 0.290. The molecule has 0 aromatic carbocycles. The summed E-state index contributed by atoms with van der Waals surface area (Å²) in [7, 11) is 0. The van der Waals surface area contributed by atoms with Crippen molar-refractivity contribution in [3.8, 4) is 0 Å². The second-order valence-electron chi connectivity index (χ2n) is 10.5. The molecule has 1 unspecified atom stereocenters. The second kappa shape index (κ2) is 7.08. The Morgan fingerprint density at radius 3 is 2.90 bits per heavy atom.